The SMILES string of the molecule is CC[C@@]1(CCO)O[C@@H](n2cc(F)c(=O)[nH]c2=O)[C@@H](F)[C@@H]1C. The quantitative estimate of drug-likeness (QED) is 0.858. The molecule has 8 heteroatoms. The predicted octanol–water partition coefficient (Wildman–Crippen LogP) is 0.710. The first kappa shape index (κ1) is 15.8. The van der Waals surface area contributed by atoms with Crippen molar-refractivity contribution in [2.24, 2.45) is 5.92 Å². The van der Waals surface area contributed by atoms with Gasteiger partial charge < -0.3 is 9.84 Å². The van der Waals surface area contributed by atoms with Crippen molar-refractivity contribution < 1.29 is 18.6 Å². The lowest BCUT2D eigenvalue weighted by atomic mass is 9.83. The van der Waals surface area contributed by atoms with Gasteiger partial charge in [0.15, 0.2) is 12.4 Å². The second-order valence-corrected chi connectivity index (χ2v) is 5.28. The molecule has 118 valence electrons. The molecule has 6 nitrogen and oxygen atoms in total. The second kappa shape index (κ2) is 5.69. The number of ether oxygens (including phenoxy) is 1. The van der Waals surface area contributed by atoms with Crippen molar-refractivity contribution in [3.63, 3.8) is 0 Å². The van der Waals surface area contributed by atoms with Crippen LogP contribution < -0.4 is 11.2 Å². The number of rotatable bonds is 4. The van der Waals surface area contributed by atoms with Crippen LogP contribution in [0.4, 0.5) is 8.78 Å². The van der Waals surface area contributed by atoms with Gasteiger partial charge in [0.2, 0.25) is 5.82 Å². The van der Waals surface area contributed by atoms with E-state index < -0.39 is 41.0 Å². The summed E-state index contributed by atoms with van der Waals surface area (Å²) < 4.78 is 34.2. The van der Waals surface area contributed by atoms with Crippen LogP contribution in [0, 0.1) is 11.7 Å². The molecule has 0 amide bonds. The highest BCUT2D eigenvalue weighted by Crippen LogP contribution is 2.46. The molecule has 1 aliphatic heterocycles. The number of aromatic amines is 1. The third-order valence-corrected chi connectivity index (χ3v) is 4.27. The van der Waals surface area contributed by atoms with Gasteiger partial charge >= 0.3 is 5.69 Å². The highest BCUT2D eigenvalue weighted by molar-refractivity contribution is 5.00. The van der Waals surface area contributed by atoms with E-state index >= 15 is 0 Å². The van der Waals surface area contributed by atoms with E-state index in [2.05, 4.69) is 0 Å². The van der Waals surface area contributed by atoms with Crippen molar-refractivity contribution >= 4 is 0 Å². The molecule has 0 unspecified atom stereocenters. The third-order valence-electron chi connectivity index (χ3n) is 4.27. The standard InChI is InChI=1S/C13H18F2N2O4/c1-3-13(4-5-18)7(2)9(15)11(21-13)17-6-8(14)10(19)16-12(17)20/h6-7,9,11,18H,3-5H2,1-2H3,(H,16,19,20)/t7-,9-,11+,13-/m0/s1. The Hall–Kier alpha value is -1.54. The molecule has 2 heterocycles. The predicted molar refractivity (Wildman–Crippen MR) is 70.2 cm³/mol. The topological polar surface area (TPSA) is 84.3 Å². The fourth-order valence-corrected chi connectivity index (χ4v) is 2.87. The molecule has 4 atom stereocenters. The fraction of sp³-hybridized carbons (Fsp3) is 0.692. The normalized spacial score (nSPS) is 32.5. The van der Waals surface area contributed by atoms with Crippen molar-refractivity contribution in [1.82, 2.24) is 9.55 Å². The molecule has 0 aromatic carbocycles. The summed E-state index contributed by atoms with van der Waals surface area (Å²) in [5.41, 5.74) is -3.02. The van der Waals surface area contributed by atoms with Gasteiger partial charge in [-0.2, -0.15) is 4.39 Å². The maximum Gasteiger partial charge on any atom is 0.330 e. The zero-order valence-electron chi connectivity index (χ0n) is 11.8. The maximum atomic E-state index is 14.5. The zero-order valence-corrected chi connectivity index (χ0v) is 11.8. The molecule has 0 aliphatic carbocycles. The Morgan fingerprint density at radius 1 is 1.52 bits per heavy atom. The van der Waals surface area contributed by atoms with E-state index in [-0.39, 0.29) is 13.0 Å². The van der Waals surface area contributed by atoms with E-state index in [1.807, 2.05) is 0 Å². The van der Waals surface area contributed by atoms with Crippen molar-refractivity contribution in [3.05, 3.63) is 32.9 Å². The molecule has 1 fully saturated rings. The number of nitrogens with one attached hydrogen (secondary N) is 1. The van der Waals surface area contributed by atoms with Crippen molar-refractivity contribution in [1.29, 1.82) is 0 Å². The number of halogens is 2. The smallest absolute Gasteiger partial charge is 0.330 e. The van der Waals surface area contributed by atoms with E-state index in [1.165, 1.54) is 0 Å². The Morgan fingerprint density at radius 3 is 2.76 bits per heavy atom. The van der Waals surface area contributed by atoms with Crippen LogP contribution in [-0.2, 0) is 4.74 Å². The van der Waals surface area contributed by atoms with Crippen LogP contribution in [0.25, 0.3) is 0 Å². The summed E-state index contributed by atoms with van der Waals surface area (Å²) in [7, 11) is 0. The lowest BCUT2D eigenvalue weighted by Crippen LogP contribution is -2.37. The highest BCUT2D eigenvalue weighted by atomic mass is 19.1. The monoisotopic (exact) mass is 304 g/mol. The van der Waals surface area contributed by atoms with Crippen LogP contribution in [0.15, 0.2) is 15.8 Å². The lowest BCUT2D eigenvalue weighted by molar-refractivity contribution is -0.102. The van der Waals surface area contributed by atoms with Gasteiger partial charge in [-0.25, -0.2) is 9.18 Å². The Balaban J connectivity index is 2.45. The van der Waals surface area contributed by atoms with Crippen molar-refractivity contribution in [3.8, 4) is 0 Å². The van der Waals surface area contributed by atoms with Crippen LogP contribution in [0.1, 0.15) is 32.9 Å². The Labute approximate surface area is 119 Å². The van der Waals surface area contributed by atoms with Gasteiger partial charge in [-0.05, 0) is 12.8 Å². The highest BCUT2D eigenvalue weighted by Gasteiger charge is 2.52. The van der Waals surface area contributed by atoms with Gasteiger partial charge in [-0.15, -0.1) is 0 Å². The van der Waals surface area contributed by atoms with Gasteiger partial charge in [0.1, 0.15) is 0 Å². The number of hydrogen-bond acceptors (Lipinski definition) is 4. The van der Waals surface area contributed by atoms with Gasteiger partial charge in [0, 0.05) is 12.5 Å². The fourth-order valence-electron chi connectivity index (χ4n) is 2.87. The first-order chi connectivity index (χ1) is 9.86. The average molecular weight is 304 g/mol. The molecule has 0 bridgehead atoms. The summed E-state index contributed by atoms with van der Waals surface area (Å²) in [4.78, 5) is 24.5. The van der Waals surface area contributed by atoms with Gasteiger partial charge in [0.05, 0.1) is 11.8 Å². The Morgan fingerprint density at radius 2 is 2.19 bits per heavy atom. The van der Waals surface area contributed by atoms with E-state index in [0.29, 0.717) is 17.2 Å². The Kier molecular flexibility index (Phi) is 4.29. The first-order valence-corrected chi connectivity index (χ1v) is 6.80. The molecule has 0 spiro atoms. The van der Waals surface area contributed by atoms with Crippen LogP contribution in [0.5, 0.6) is 0 Å². The summed E-state index contributed by atoms with van der Waals surface area (Å²) in [5.74, 6) is -1.77. The summed E-state index contributed by atoms with van der Waals surface area (Å²) in [6.45, 7) is 3.22. The molecular weight excluding hydrogens is 286 g/mol. The molecule has 1 saturated heterocycles. The Bertz CT molecular complexity index is 629. The number of aromatic nitrogens is 2. The van der Waals surface area contributed by atoms with E-state index in [4.69, 9.17) is 9.84 Å². The number of nitrogens with zero attached hydrogens (tertiary/aromatic N) is 1. The minimum absolute atomic E-state index is 0.188. The number of alkyl halides is 1. The van der Waals surface area contributed by atoms with Crippen LogP contribution >= 0.6 is 0 Å². The molecule has 1 aromatic rings. The largest absolute Gasteiger partial charge is 0.396 e. The van der Waals surface area contributed by atoms with Crippen LogP contribution in [0.3, 0.4) is 0 Å². The number of hydrogen-bond donors (Lipinski definition) is 2. The molecule has 21 heavy (non-hydrogen) atoms. The minimum atomic E-state index is -1.56. The van der Waals surface area contributed by atoms with Crippen molar-refractivity contribution in [2.45, 2.75) is 44.7 Å². The van der Waals surface area contributed by atoms with E-state index in [9.17, 15) is 18.4 Å². The van der Waals surface area contributed by atoms with Gasteiger partial charge in [-0.3, -0.25) is 14.3 Å². The van der Waals surface area contributed by atoms with Crippen LogP contribution in [0.2, 0.25) is 0 Å². The molecular formula is C13H18F2N2O4. The maximum absolute atomic E-state index is 14.5. The molecule has 0 saturated carbocycles. The minimum Gasteiger partial charge on any atom is -0.396 e. The number of H-pyrrole nitrogens is 1. The van der Waals surface area contributed by atoms with E-state index in [1.54, 1.807) is 18.8 Å². The summed E-state index contributed by atoms with van der Waals surface area (Å²) in [6.07, 6.45) is -1.59. The van der Waals surface area contributed by atoms with Gasteiger partial charge in [-0.1, -0.05) is 13.8 Å². The number of aliphatic hydroxyl groups is 1. The third kappa shape index (κ3) is 2.53. The van der Waals surface area contributed by atoms with Gasteiger partial charge in [0.25, 0.3) is 5.56 Å². The average Bonchev–Trinajstić information content (AvgIpc) is 2.69. The molecule has 2 N–H and O–H groups in total. The molecule has 2 rings (SSSR count). The zero-order chi connectivity index (χ0) is 15.8. The first-order valence-electron chi connectivity index (χ1n) is 6.80. The summed E-state index contributed by atoms with van der Waals surface area (Å²) >= 11 is 0. The summed E-state index contributed by atoms with van der Waals surface area (Å²) in [5, 5.41) is 9.14. The molecule has 0 radical (unpaired) electrons. The van der Waals surface area contributed by atoms with E-state index in [0.717, 1.165) is 0 Å². The van der Waals surface area contributed by atoms with Crippen molar-refractivity contribution in [2.75, 3.05) is 6.61 Å². The van der Waals surface area contributed by atoms with Crippen LogP contribution in [-0.4, -0.2) is 33.0 Å². The number of aliphatic hydroxyl groups excluding tert-OH is 1. The molecule has 1 aliphatic rings. The molecule has 1 aromatic heterocycles. The lowest BCUT2D eigenvalue weighted by Gasteiger charge is -2.31. The summed E-state index contributed by atoms with van der Waals surface area (Å²) in [6, 6.07) is 0. The second-order valence-electron chi connectivity index (χ2n) is 5.28.